The van der Waals surface area contributed by atoms with Crippen molar-refractivity contribution in [3.8, 4) is 0 Å². The summed E-state index contributed by atoms with van der Waals surface area (Å²) in [7, 11) is 1.57. The summed E-state index contributed by atoms with van der Waals surface area (Å²) in [6, 6.07) is 14.6. The minimum absolute atomic E-state index is 0.110. The number of halogens is 1. The maximum Gasteiger partial charge on any atom is 0.242 e. The van der Waals surface area contributed by atoms with Crippen LogP contribution in [0, 0.1) is 6.92 Å². The molecule has 0 heterocycles. The van der Waals surface area contributed by atoms with Crippen molar-refractivity contribution in [3.05, 3.63) is 70.2 Å². The smallest absolute Gasteiger partial charge is 0.242 e. The highest BCUT2D eigenvalue weighted by Crippen LogP contribution is 2.19. The molecule has 25 heavy (non-hydrogen) atoms. The van der Waals surface area contributed by atoms with Crippen LogP contribution in [0.4, 0.5) is 0 Å². The van der Waals surface area contributed by atoms with Gasteiger partial charge in [-0.25, -0.2) is 0 Å². The molecule has 2 aromatic carbocycles. The number of benzene rings is 2. The minimum Gasteiger partial charge on any atom is -0.357 e. The third-order valence-corrected chi connectivity index (χ3v) is 4.52. The van der Waals surface area contributed by atoms with Gasteiger partial charge in [-0.2, -0.15) is 0 Å². The van der Waals surface area contributed by atoms with Crippen molar-refractivity contribution in [1.29, 1.82) is 0 Å². The van der Waals surface area contributed by atoms with Crippen molar-refractivity contribution >= 4 is 23.4 Å². The Hall–Kier alpha value is -2.33. The lowest BCUT2D eigenvalue weighted by atomic mass is 10.1. The number of hydrogen-bond acceptors (Lipinski definition) is 2. The van der Waals surface area contributed by atoms with Gasteiger partial charge in [0, 0.05) is 18.6 Å². The van der Waals surface area contributed by atoms with E-state index >= 15 is 0 Å². The largest absolute Gasteiger partial charge is 0.357 e. The Morgan fingerprint density at radius 2 is 1.88 bits per heavy atom. The average Bonchev–Trinajstić information content (AvgIpc) is 2.59. The first-order valence-corrected chi connectivity index (χ1v) is 8.60. The summed E-state index contributed by atoms with van der Waals surface area (Å²) in [4.78, 5) is 26.6. The monoisotopic (exact) mass is 358 g/mol. The first-order chi connectivity index (χ1) is 11.9. The number of likely N-dealkylation sites (N-methyl/N-ethyl adjacent to an activating group) is 1. The van der Waals surface area contributed by atoms with E-state index in [1.807, 2.05) is 49.4 Å². The second-order valence-corrected chi connectivity index (χ2v) is 6.48. The highest BCUT2D eigenvalue weighted by atomic mass is 35.5. The van der Waals surface area contributed by atoms with Gasteiger partial charge in [-0.1, -0.05) is 59.6 Å². The van der Waals surface area contributed by atoms with Gasteiger partial charge in [-0.3, -0.25) is 9.59 Å². The lowest BCUT2D eigenvalue weighted by molar-refractivity contribution is -0.139. The standard InChI is InChI=1S/C20H23ClN2O2/c1-14-7-6-8-16(11-14)12-19(24)23(15(2)20(25)22-3)13-17-9-4-5-10-18(17)21/h4-11,15H,12-13H2,1-3H3,(H,22,25). The van der Waals surface area contributed by atoms with Crippen LogP contribution < -0.4 is 5.32 Å². The summed E-state index contributed by atoms with van der Waals surface area (Å²) < 4.78 is 0. The zero-order chi connectivity index (χ0) is 18.4. The minimum atomic E-state index is -0.585. The molecule has 0 fully saturated rings. The van der Waals surface area contributed by atoms with Crippen LogP contribution in [0.25, 0.3) is 0 Å². The molecular weight excluding hydrogens is 336 g/mol. The molecule has 2 aromatic rings. The van der Waals surface area contributed by atoms with Crippen LogP contribution in [-0.2, 0) is 22.6 Å². The number of nitrogens with zero attached hydrogens (tertiary/aromatic N) is 1. The molecule has 0 saturated carbocycles. The van der Waals surface area contributed by atoms with Crippen molar-refractivity contribution in [2.45, 2.75) is 32.9 Å². The first kappa shape index (κ1) is 19.0. The van der Waals surface area contributed by atoms with Crippen LogP contribution in [0.5, 0.6) is 0 Å². The van der Waals surface area contributed by atoms with E-state index in [1.54, 1.807) is 24.9 Å². The second kappa shape index (κ2) is 8.67. The van der Waals surface area contributed by atoms with Crippen LogP contribution in [0.2, 0.25) is 5.02 Å². The topological polar surface area (TPSA) is 49.4 Å². The van der Waals surface area contributed by atoms with Crippen LogP contribution in [0.3, 0.4) is 0 Å². The molecule has 0 aliphatic carbocycles. The Morgan fingerprint density at radius 1 is 1.16 bits per heavy atom. The van der Waals surface area contributed by atoms with Gasteiger partial charge in [0.1, 0.15) is 6.04 Å². The molecule has 5 heteroatoms. The fourth-order valence-corrected chi connectivity index (χ4v) is 2.90. The highest BCUT2D eigenvalue weighted by Gasteiger charge is 2.26. The van der Waals surface area contributed by atoms with Crippen molar-refractivity contribution in [1.82, 2.24) is 10.2 Å². The van der Waals surface area contributed by atoms with Gasteiger partial charge < -0.3 is 10.2 Å². The Balaban J connectivity index is 2.25. The molecule has 2 rings (SSSR count). The molecule has 1 unspecified atom stereocenters. The number of rotatable bonds is 6. The van der Waals surface area contributed by atoms with Gasteiger partial charge in [0.15, 0.2) is 0 Å². The van der Waals surface area contributed by atoms with E-state index in [1.165, 1.54) is 0 Å². The number of carbonyl (C=O) groups is 2. The number of amides is 2. The highest BCUT2D eigenvalue weighted by molar-refractivity contribution is 6.31. The number of carbonyl (C=O) groups excluding carboxylic acids is 2. The molecule has 1 atom stereocenters. The molecule has 132 valence electrons. The summed E-state index contributed by atoms with van der Waals surface area (Å²) in [6.45, 7) is 4.01. The second-order valence-electron chi connectivity index (χ2n) is 6.07. The molecule has 0 aromatic heterocycles. The maximum absolute atomic E-state index is 12.9. The molecule has 0 aliphatic heterocycles. The van der Waals surface area contributed by atoms with Gasteiger partial charge in [0.25, 0.3) is 0 Å². The Kier molecular flexibility index (Phi) is 6.59. The molecular formula is C20H23ClN2O2. The Morgan fingerprint density at radius 3 is 2.52 bits per heavy atom. The fraction of sp³-hybridized carbons (Fsp3) is 0.300. The van der Waals surface area contributed by atoms with Gasteiger partial charge in [0.05, 0.1) is 6.42 Å². The van der Waals surface area contributed by atoms with E-state index in [0.717, 1.165) is 16.7 Å². The summed E-state index contributed by atoms with van der Waals surface area (Å²) in [6.07, 6.45) is 0.244. The van der Waals surface area contributed by atoms with Gasteiger partial charge in [-0.15, -0.1) is 0 Å². The quantitative estimate of drug-likeness (QED) is 0.860. The molecule has 0 radical (unpaired) electrons. The van der Waals surface area contributed by atoms with Crippen molar-refractivity contribution in [2.75, 3.05) is 7.05 Å². The van der Waals surface area contributed by atoms with Gasteiger partial charge in [0.2, 0.25) is 11.8 Å². The zero-order valence-corrected chi connectivity index (χ0v) is 15.5. The summed E-state index contributed by atoms with van der Waals surface area (Å²) in [5.41, 5.74) is 2.85. The fourth-order valence-electron chi connectivity index (χ4n) is 2.70. The number of hydrogen-bond donors (Lipinski definition) is 1. The SMILES string of the molecule is CNC(=O)C(C)N(Cc1ccccc1Cl)C(=O)Cc1cccc(C)c1. The third kappa shape index (κ3) is 5.07. The first-order valence-electron chi connectivity index (χ1n) is 8.22. The maximum atomic E-state index is 12.9. The summed E-state index contributed by atoms with van der Waals surface area (Å²) in [5, 5.41) is 3.19. The lowest BCUT2D eigenvalue weighted by Gasteiger charge is -2.28. The Bertz CT molecular complexity index is 761. The van der Waals surface area contributed by atoms with Crippen LogP contribution >= 0.6 is 11.6 Å². The van der Waals surface area contributed by atoms with E-state index in [2.05, 4.69) is 5.32 Å². The predicted octanol–water partition coefficient (Wildman–Crippen LogP) is 3.35. The predicted molar refractivity (Wildman–Crippen MR) is 100 cm³/mol. The summed E-state index contributed by atoms with van der Waals surface area (Å²) in [5.74, 6) is -0.314. The summed E-state index contributed by atoms with van der Waals surface area (Å²) >= 11 is 6.23. The van der Waals surface area contributed by atoms with Crippen LogP contribution in [0.15, 0.2) is 48.5 Å². The van der Waals surface area contributed by atoms with Crippen molar-refractivity contribution in [2.24, 2.45) is 0 Å². The molecule has 4 nitrogen and oxygen atoms in total. The molecule has 0 aliphatic rings. The van der Waals surface area contributed by atoms with E-state index in [4.69, 9.17) is 11.6 Å². The molecule has 1 N–H and O–H groups in total. The van der Waals surface area contributed by atoms with Crippen molar-refractivity contribution < 1.29 is 9.59 Å². The molecule has 0 spiro atoms. The molecule has 0 bridgehead atoms. The molecule has 2 amide bonds. The van der Waals surface area contributed by atoms with Crippen LogP contribution in [-0.4, -0.2) is 29.8 Å². The average molecular weight is 359 g/mol. The normalized spacial score (nSPS) is 11.7. The Labute approximate surface area is 153 Å². The third-order valence-electron chi connectivity index (χ3n) is 4.15. The van der Waals surface area contributed by atoms with E-state index in [9.17, 15) is 9.59 Å². The lowest BCUT2D eigenvalue weighted by Crippen LogP contribution is -2.47. The van der Waals surface area contributed by atoms with E-state index in [-0.39, 0.29) is 18.2 Å². The van der Waals surface area contributed by atoms with Gasteiger partial charge in [-0.05, 0) is 31.0 Å². The van der Waals surface area contributed by atoms with E-state index in [0.29, 0.717) is 11.6 Å². The number of aryl methyl sites for hydroxylation is 1. The zero-order valence-electron chi connectivity index (χ0n) is 14.8. The molecule has 0 saturated heterocycles. The van der Waals surface area contributed by atoms with Crippen molar-refractivity contribution in [3.63, 3.8) is 0 Å². The number of nitrogens with one attached hydrogen (secondary N) is 1. The van der Waals surface area contributed by atoms with E-state index < -0.39 is 6.04 Å². The van der Waals surface area contributed by atoms with Gasteiger partial charge >= 0.3 is 0 Å². The van der Waals surface area contributed by atoms with Crippen LogP contribution in [0.1, 0.15) is 23.6 Å².